The molecule has 0 saturated carbocycles. The maximum Gasteiger partial charge on any atom is 0.255 e. The van der Waals surface area contributed by atoms with Crippen molar-refractivity contribution in [1.82, 2.24) is 0 Å². The zero-order chi connectivity index (χ0) is 14.0. The summed E-state index contributed by atoms with van der Waals surface area (Å²) in [5.41, 5.74) is 6.34. The Morgan fingerprint density at radius 2 is 1.89 bits per heavy atom. The first-order valence-corrected chi connectivity index (χ1v) is 6.08. The zero-order valence-electron chi connectivity index (χ0n) is 9.65. The topological polar surface area (TPSA) is 75.4 Å². The molecule has 0 saturated heterocycles. The maximum absolute atomic E-state index is 12.0. The molecule has 0 aliphatic rings. The highest BCUT2D eigenvalue weighted by molar-refractivity contribution is 6.35. The van der Waals surface area contributed by atoms with Crippen LogP contribution in [0, 0.1) is 0 Å². The Kier molecular flexibility index (Phi) is 3.83. The van der Waals surface area contributed by atoms with Crippen LogP contribution in [0.25, 0.3) is 0 Å². The van der Waals surface area contributed by atoms with Crippen LogP contribution in [-0.4, -0.2) is 11.0 Å². The van der Waals surface area contributed by atoms with Gasteiger partial charge < -0.3 is 16.2 Å². The Morgan fingerprint density at radius 1 is 1.16 bits per heavy atom. The third-order valence-electron chi connectivity index (χ3n) is 2.47. The lowest BCUT2D eigenvalue weighted by atomic mass is 10.1. The van der Waals surface area contributed by atoms with Gasteiger partial charge in [-0.1, -0.05) is 23.2 Å². The Bertz CT molecular complexity index is 645. The number of anilines is 2. The van der Waals surface area contributed by atoms with Crippen molar-refractivity contribution in [2.24, 2.45) is 0 Å². The number of phenols is 1. The Hall–Kier alpha value is -1.91. The van der Waals surface area contributed by atoms with Gasteiger partial charge in [-0.25, -0.2) is 0 Å². The van der Waals surface area contributed by atoms with Crippen molar-refractivity contribution in [3.8, 4) is 5.75 Å². The number of halogens is 2. The maximum atomic E-state index is 12.0. The molecular formula is C13H10Cl2N2O2. The fraction of sp³-hybridized carbons (Fsp3) is 0. The summed E-state index contributed by atoms with van der Waals surface area (Å²) in [7, 11) is 0. The SMILES string of the molecule is Nc1ccc(C(=O)Nc2cc(Cl)ccc2Cl)cc1O. The average Bonchev–Trinajstić information content (AvgIpc) is 2.37. The average molecular weight is 297 g/mol. The standard InChI is InChI=1S/C13H10Cl2N2O2/c14-8-2-3-9(15)11(6-8)17-13(19)7-1-4-10(16)12(18)5-7/h1-6,18H,16H2,(H,17,19). The van der Waals surface area contributed by atoms with Gasteiger partial charge in [-0.05, 0) is 36.4 Å². The van der Waals surface area contributed by atoms with E-state index in [1.807, 2.05) is 0 Å². The number of phenolic OH excluding ortho intramolecular Hbond substituents is 1. The number of aromatic hydroxyl groups is 1. The van der Waals surface area contributed by atoms with Gasteiger partial charge in [-0.3, -0.25) is 4.79 Å². The van der Waals surface area contributed by atoms with E-state index in [4.69, 9.17) is 28.9 Å². The molecule has 0 radical (unpaired) electrons. The smallest absolute Gasteiger partial charge is 0.255 e. The molecule has 2 aromatic rings. The first kappa shape index (κ1) is 13.5. The largest absolute Gasteiger partial charge is 0.506 e. The number of benzene rings is 2. The van der Waals surface area contributed by atoms with Crippen molar-refractivity contribution < 1.29 is 9.90 Å². The van der Waals surface area contributed by atoms with E-state index in [0.717, 1.165) is 0 Å². The number of carbonyl (C=O) groups is 1. The highest BCUT2D eigenvalue weighted by Crippen LogP contribution is 2.27. The predicted octanol–water partition coefficient (Wildman–Crippen LogP) is 3.53. The molecule has 0 fully saturated rings. The molecule has 4 N–H and O–H groups in total. The van der Waals surface area contributed by atoms with Crippen molar-refractivity contribution >= 4 is 40.5 Å². The first-order chi connectivity index (χ1) is 8.97. The number of carbonyl (C=O) groups excluding carboxylic acids is 1. The Balaban J connectivity index is 2.25. The molecule has 2 aromatic carbocycles. The summed E-state index contributed by atoms with van der Waals surface area (Å²) in [5.74, 6) is -0.565. The molecule has 98 valence electrons. The molecule has 0 aliphatic carbocycles. The lowest BCUT2D eigenvalue weighted by Crippen LogP contribution is -2.12. The molecular weight excluding hydrogens is 287 g/mol. The fourth-order valence-electron chi connectivity index (χ4n) is 1.47. The van der Waals surface area contributed by atoms with E-state index in [2.05, 4.69) is 5.32 Å². The van der Waals surface area contributed by atoms with Crippen LogP contribution in [0.2, 0.25) is 10.0 Å². The summed E-state index contributed by atoms with van der Waals surface area (Å²) in [6.45, 7) is 0. The highest BCUT2D eigenvalue weighted by atomic mass is 35.5. The number of amides is 1. The van der Waals surface area contributed by atoms with Crippen molar-refractivity contribution in [1.29, 1.82) is 0 Å². The van der Waals surface area contributed by atoms with E-state index in [9.17, 15) is 9.90 Å². The van der Waals surface area contributed by atoms with Crippen molar-refractivity contribution in [2.45, 2.75) is 0 Å². The second-order valence-corrected chi connectivity index (χ2v) is 4.70. The number of nitrogens with one attached hydrogen (secondary N) is 1. The van der Waals surface area contributed by atoms with Crippen molar-refractivity contribution in [2.75, 3.05) is 11.1 Å². The molecule has 0 spiro atoms. The lowest BCUT2D eigenvalue weighted by molar-refractivity contribution is 0.102. The number of hydrogen-bond acceptors (Lipinski definition) is 3. The number of nitrogen functional groups attached to an aromatic ring is 1. The third kappa shape index (κ3) is 3.10. The van der Waals surface area contributed by atoms with Crippen LogP contribution >= 0.6 is 23.2 Å². The van der Waals surface area contributed by atoms with Crippen molar-refractivity contribution in [3.05, 3.63) is 52.0 Å². The predicted molar refractivity (Wildman–Crippen MR) is 76.9 cm³/mol. The molecule has 4 nitrogen and oxygen atoms in total. The molecule has 0 atom stereocenters. The van der Waals surface area contributed by atoms with Gasteiger partial charge in [-0.15, -0.1) is 0 Å². The van der Waals surface area contributed by atoms with Gasteiger partial charge in [0.2, 0.25) is 0 Å². The third-order valence-corrected chi connectivity index (χ3v) is 3.03. The van der Waals surface area contributed by atoms with Crippen LogP contribution in [0.3, 0.4) is 0 Å². The van der Waals surface area contributed by atoms with Crippen LogP contribution in [0.15, 0.2) is 36.4 Å². The minimum atomic E-state index is -0.417. The molecule has 2 rings (SSSR count). The number of hydrogen-bond donors (Lipinski definition) is 3. The second kappa shape index (κ2) is 5.38. The molecule has 0 aliphatic heterocycles. The molecule has 0 unspecified atom stereocenters. The van der Waals surface area contributed by atoms with Gasteiger partial charge >= 0.3 is 0 Å². The van der Waals surface area contributed by atoms with E-state index in [1.165, 1.54) is 18.2 Å². The monoisotopic (exact) mass is 296 g/mol. The van der Waals surface area contributed by atoms with E-state index in [-0.39, 0.29) is 17.0 Å². The van der Waals surface area contributed by atoms with Crippen LogP contribution in [0.5, 0.6) is 5.75 Å². The van der Waals surface area contributed by atoms with Gasteiger partial charge in [0.05, 0.1) is 16.4 Å². The number of nitrogens with two attached hydrogens (primary N) is 1. The highest BCUT2D eigenvalue weighted by Gasteiger charge is 2.10. The second-order valence-electron chi connectivity index (χ2n) is 3.85. The molecule has 0 heterocycles. The minimum Gasteiger partial charge on any atom is -0.506 e. The lowest BCUT2D eigenvalue weighted by Gasteiger charge is -2.08. The summed E-state index contributed by atoms with van der Waals surface area (Å²) >= 11 is 11.8. The Labute approximate surface area is 119 Å². The van der Waals surface area contributed by atoms with Gasteiger partial charge in [0, 0.05) is 10.6 Å². The van der Waals surface area contributed by atoms with E-state index < -0.39 is 5.91 Å². The molecule has 0 aromatic heterocycles. The van der Waals surface area contributed by atoms with Crippen LogP contribution in [0.1, 0.15) is 10.4 Å². The van der Waals surface area contributed by atoms with Crippen LogP contribution < -0.4 is 11.1 Å². The summed E-state index contributed by atoms with van der Waals surface area (Å²) in [4.78, 5) is 12.0. The first-order valence-electron chi connectivity index (χ1n) is 5.32. The summed E-state index contributed by atoms with van der Waals surface area (Å²) in [5, 5.41) is 12.9. The molecule has 0 bridgehead atoms. The minimum absolute atomic E-state index is 0.148. The number of rotatable bonds is 2. The summed E-state index contributed by atoms with van der Waals surface area (Å²) in [6.07, 6.45) is 0. The Morgan fingerprint density at radius 3 is 2.58 bits per heavy atom. The van der Waals surface area contributed by atoms with E-state index in [0.29, 0.717) is 15.7 Å². The summed E-state index contributed by atoms with van der Waals surface area (Å²) < 4.78 is 0. The van der Waals surface area contributed by atoms with Crippen LogP contribution in [-0.2, 0) is 0 Å². The zero-order valence-corrected chi connectivity index (χ0v) is 11.2. The van der Waals surface area contributed by atoms with Crippen molar-refractivity contribution in [3.63, 3.8) is 0 Å². The van der Waals surface area contributed by atoms with Gasteiger partial charge in [0.15, 0.2) is 0 Å². The van der Waals surface area contributed by atoms with Gasteiger partial charge in [0.25, 0.3) is 5.91 Å². The van der Waals surface area contributed by atoms with Gasteiger partial charge in [-0.2, -0.15) is 0 Å². The fourth-order valence-corrected chi connectivity index (χ4v) is 1.81. The van der Waals surface area contributed by atoms with Crippen LogP contribution in [0.4, 0.5) is 11.4 Å². The normalized spacial score (nSPS) is 10.2. The van der Waals surface area contributed by atoms with Gasteiger partial charge in [0.1, 0.15) is 5.75 Å². The molecule has 1 amide bonds. The molecule has 19 heavy (non-hydrogen) atoms. The quantitative estimate of drug-likeness (QED) is 0.586. The van der Waals surface area contributed by atoms with E-state index >= 15 is 0 Å². The summed E-state index contributed by atoms with van der Waals surface area (Å²) in [6, 6.07) is 8.98. The van der Waals surface area contributed by atoms with E-state index in [1.54, 1.807) is 18.2 Å². The molecule has 6 heteroatoms.